The number of carbonyl (C=O) groups is 2. The Kier molecular flexibility index (Phi) is 6.21. The van der Waals surface area contributed by atoms with Gasteiger partial charge in [0.15, 0.2) is 6.10 Å². The number of alkyl halides is 3. The van der Waals surface area contributed by atoms with E-state index in [2.05, 4.69) is 5.32 Å². The molecule has 2 amide bonds. The number of piperazine rings is 1. The summed E-state index contributed by atoms with van der Waals surface area (Å²) >= 11 is 0. The first-order valence-corrected chi connectivity index (χ1v) is 6.42. The number of aliphatic hydroxyl groups excluding tert-OH is 1. The van der Waals surface area contributed by atoms with Crippen LogP contribution in [0.25, 0.3) is 0 Å². The van der Waals surface area contributed by atoms with Crippen LogP contribution in [0.15, 0.2) is 0 Å². The van der Waals surface area contributed by atoms with Crippen molar-refractivity contribution >= 4 is 12.0 Å². The number of urea groups is 1. The van der Waals surface area contributed by atoms with Gasteiger partial charge in [-0.25, -0.2) is 9.59 Å². The second kappa shape index (κ2) is 7.46. The van der Waals surface area contributed by atoms with Crippen LogP contribution < -0.4 is 5.32 Å². The maximum Gasteiger partial charge on any atom is 0.401 e. The SMILES string of the molecule is O=C(O)C(O)CCNC(=O)N1CCN(CC(F)(F)F)CC1. The average Bonchev–Trinajstić information content (AvgIpc) is 2.37. The van der Waals surface area contributed by atoms with Crippen LogP contribution >= 0.6 is 0 Å². The fraction of sp³-hybridized carbons (Fsp3) is 0.818. The molecule has 0 aromatic heterocycles. The number of halogens is 3. The van der Waals surface area contributed by atoms with Gasteiger partial charge >= 0.3 is 18.2 Å². The molecule has 3 N–H and O–H groups in total. The quantitative estimate of drug-likeness (QED) is 0.649. The summed E-state index contributed by atoms with van der Waals surface area (Å²) in [6.07, 6.45) is -5.93. The van der Waals surface area contributed by atoms with E-state index in [0.717, 1.165) is 0 Å². The molecule has 0 saturated carbocycles. The smallest absolute Gasteiger partial charge is 0.401 e. The molecule has 0 bridgehead atoms. The van der Waals surface area contributed by atoms with E-state index in [4.69, 9.17) is 10.2 Å². The highest BCUT2D eigenvalue weighted by atomic mass is 19.4. The lowest BCUT2D eigenvalue weighted by atomic mass is 10.2. The Morgan fingerprint density at radius 1 is 1.19 bits per heavy atom. The second-order valence-corrected chi connectivity index (χ2v) is 4.75. The zero-order valence-corrected chi connectivity index (χ0v) is 11.3. The summed E-state index contributed by atoms with van der Waals surface area (Å²) in [5.74, 6) is -1.37. The van der Waals surface area contributed by atoms with Crippen LogP contribution in [-0.2, 0) is 4.79 Å². The van der Waals surface area contributed by atoms with Crippen molar-refractivity contribution in [1.82, 2.24) is 15.1 Å². The van der Waals surface area contributed by atoms with Gasteiger partial charge in [-0.05, 0) is 0 Å². The molecular formula is C11H18F3N3O4. The molecule has 1 unspecified atom stereocenters. The highest BCUT2D eigenvalue weighted by molar-refractivity contribution is 5.74. The fourth-order valence-electron chi connectivity index (χ4n) is 1.91. The third-order valence-electron chi connectivity index (χ3n) is 3.04. The van der Waals surface area contributed by atoms with Crippen LogP contribution in [0.5, 0.6) is 0 Å². The number of nitrogens with one attached hydrogen (secondary N) is 1. The van der Waals surface area contributed by atoms with Gasteiger partial charge in [0, 0.05) is 39.1 Å². The summed E-state index contributed by atoms with van der Waals surface area (Å²) in [4.78, 5) is 24.6. The molecule has 1 heterocycles. The molecule has 1 saturated heterocycles. The average molecular weight is 313 g/mol. The summed E-state index contributed by atoms with van der Waals surface area (Å²) in [5, 5.41) is 19.9. The van der Waals surface area contributed by atoms with Crippen LogP contribution in [0.3, 0.4) is 0 Å². The molecule has 122 valence electrons. The third-order valence-corrected chi connectivity index (χ3v) is 3.04. The van der Waals surface area contributed by atoms with Gasteiger partial charge in [-0.2, -0.15) is 13.2 Å². The van der Waals surface area contributed by atoms with Gasteiger partial charge in [-0.1, -0.05) is 0 Å². The van der Waals surface area contributed by atoms with Crippen molar-refractivity contribution < 1.29 is 33.0 Å². The fourth-order valence-corrected chi connectivity index (χ4v) is 1.91. The van der Waals surface area contributed by atoms with Crippen molar-refractivity contribution in [2.24, 2.45) is 0 Å². The van der Waals surface area contributed by atoms with E-state index in [0.29, 0.717) is 0 Å². The van der Waals surface area contributed by atoms with Gasteiger partial charge < -0.3 is 20.4 Å². The largest absolute Gasteiger partial charge is 0.479 e. The highest BCUT2D eigenvalue weighted by Crippen LogP contribution is 2.17. The maximum atomic E-state index is 12.2. The minimum Gasteiger partial charge on any atom is -0.479 e. The highest BCUT2D eigenvalue weighted by Gasteiger charge is 2.32. The normalized spacial score (nSPS) is 18.4. The first-order valence-electron chi connectivity index (χ1n) is 6.42. The zero-order valence-electron chi connectivity index (χ0n) is 11.3. The van der Waals surface area contributed by atoms with Crippen molar-refractivity contribution in [3.05, 3.63) is 0 Å². The van der Waals surface area contributed by atoms with Crippen molar-refractivity contribution in [3.8, 4) is 0 Å². The number of nitrogens with zero attached hydrogens (tertiary/aromatic N) is 2. The lowest BCUT2D eigenvalue weighted by Crippen LogP contribution is -2.53. The van der Waals surface area contributed by atoms with Crippen LogP contribution in [0.4, 0.5) is 18.0 Å². The number of amides is 2. The number of aliphatic carboxylic acids is 1. The Morgan fingerprint density at radius 3 is 2.24 bits per heavy atom. The minimum absolute atomic E-state index is 0.0188. The molecule has 10 heteroatoms. The molecule has 1 fully saturated rings. The van der Waals surface area contributed by atoms with Crippen LogP contribution in [0, 0.1) is 0 Å². The number of rotatable bonds is 5. The Morgan fingerprint density at radius 2 is 1.76 bits per heavy atom. The molecule has 21 heavy (non-hydrogen) atoms. The van der Waals surface area contributed by atoms with E-state index in [1.54, 1.807) is 0 Å². The monoisotopic (exact) mass is 313 g/mol. The van der Waals surface area contributed by atoms with E-state index >= 15 is 0 Å². The molecule has 0 radical (unpaired) electrons. The number of carboxylic acid groups (broad SMARTS) is 1. The molecule has 7 nitrogen and oxygen atoms in total. The van der Waals surface area contributed by atoms with E-state index in [9.17, 15) is 22.8 Å². The molecule has 0 aromatic rings. The summed E-state index contributed by atoms with van der Waals surface area (Å²) in [5.41, 5.74) is 0. The van der Waals surface area contributed by atoms with Crippen molar-refractivity contribution in [3.63, 3.8) is 0 Å². The number of carbonyl (C=O) groups excluding carboxylic acids is 1. The van der Waals surface area contributed by atoms with Gasteiger partial charge in [0.2, 0.25) is 0 Å². The molecule has 1 atom stereocenters. The number of carboxylic acids is 1. The first-order chi connectivity index (χ1) is 9.69. The van der Waals surface area contributed by atoms with E-state index in [1.807, 2.05) is 0 Å². The van der Waals surface area contributed by atoms with Crippen molar-refractivity contribution in [1.29, 1.82) is 0 Å². The zero-order chi connectivity index (χ0) is 16.0. The maximum absolute atomic E-state index is 12.2. The summed E-state index contributed by atoms with van der Waals surface area (Å²) in [6.45, 7) is -0.412. The number of hydrogen-bond acceptors (Lipinski definition) is 4. The molecule has 0 spiro atoms. The Balaban J connectivity index is 2.24. The Hall–Kier alpha value is -1.55. The summed E-state index contributed by atoms with van der Waals surface area (Å²) in [6, 6.07) is -0.473. The molecular weight excluding hydrogens is 295 g/mol. The van der Waals surface area contributed by atoms with E-state index in [1.165, 1.54) is 9.80 Å². The van der Waals surface area contributed by atoms with Crippen LogP contribution in [0.1, 0.15) is 6.42 Å². The predicted molar refractivity (Wildman–Crippen MR) is 65.7 cm³/mol. The predicted octanol–water partition coefficient (Wildman–Crippen LogP) is -0.288. The number of aliphatic hydroxyl groups is 1. The van der Waals surface area contributed by atoms with Crippen LogP contribution in [0.2, 0.25) is 0 Å². The van der Waals surface area contributed by atoms with Gasteiger partial charge in [0.1, 0.15) is 0 Å². The minimum atomic E-state index is -4.25. The first kappa shape index (κ1) is 17.5. The lowest BCUT2D eigenvalue weighted by Gasteiger charge is -2.34. The third kappa shape index (κ3) is 6.63. The van der Waals surface area contributed by atoms with Gasteiger partial charge in [0.05, 0.1) is 6.54 Å². The Bertz CT molecular complexity index is 370. The van der Waals surface area contributed by atoms with E-state index in [-0.39, 0.29) is 39.1 Å². The Labute approximate surface area is 119 Å². The van der Waals surface area contributed by atoms with Crippen molar-refractivity contribution in [2.75, 3.05) is 39.3 Å². The van der Waals surface area contributed by atoms with Gasteiger partial charge in [-0.15, -0.1) is 0 Å². The summed E-state index contributed by atoms with van der Waals surface area (Å²) < 4.78 is 36.6. The molecule has 1 rings (SSSR count). The van der Waals surface area contributed by atoms with Gasteiger partial charge in [0.25, 0.3) is 0 Å². The topological polar surface area (TPSA) is 93.1 Å². The van der Waals surface area contributed by atoms with Gasteiger partial charge in [-0.3, -0.25) is 4.90 Å². The molecule has 0 aliphatic carbocycles. The van der Waals surface area contributed by atoms with Crippen molar-refractivity contribution in [2.45, 2.75) is 18.7 Å². The lowest BCUT2D eigenvalue weighted by molar-refractivity contribution is -0.148. The summed E-state index contributed by atoms with van der Waals surface area (Å²) in [7, 11) is 0. The van der Waals surface area contributed by atoms with E-state index < -0.39 is 30.8 Å². The molecule has 1 aliphatic heterocycles. The molecule has 0 aromatic carbocycles. The second-order valence-electron chi connectivity index (χ2n) is 4.75. The van der Waals surface area contributed by atoms with Crippen LogP contribution in [-0.4, -0.2) is 83.6 Å². The molecule has 1 aliphatic rings. The standard InChI is InChI=1S/C11H18F3N3O4/c12-11(13,14)7-16-3-5-17(6-4-16)10(21)15-2-1-8(18)9(19)20/h8,18H,1-7H2,(H,15,21)(H,19,20). The number of hydrogen-bond donors (Lipinski definition) is 3.